The number of carbonyl (C=O) groups is 3. The van der Waals surface area contributed by atoms with Gasteiger partial charge in [-0.25, -0.2) is 4.79 Å². The highest BCUT2D eigenvalue weighted by Crippen LogP contribution is 2.15. The van der Waals surface area contributed by atoms with Crippen molar-refractivity contribution in [2.75, 3.05) is 30.1 Å². The number of nitriles is 1. The standard InChI is InChI=1S/C23H24ClN3O4S/c1-32-15-12-20(26-22(29)17-8-10-18(24)11-9-17)23(30)31-16-21(28)27(14-5-13-25)19-6-3-2-4-7-19/h2-4,6-11,20H,5,12,14-16H2,1H3,(H,26,29)/t20-/m1/s1. The molecule has 0 saturated carbocycles. The highest BCUT2D eigenvalue weighted by molar-refractivity contribution is 7.98. The number of hydrogen-bond acceptors (Lipinski definition) is 6. The van der Waals surface area contributed by atoms with Crippen molar-refractivity contribution in [3.05, 3.63) is 65.2 Å². The summed E-state index contributed by atoms with van der Waals surface area (Å²) < 4.78 is 5.24. The third-order valence-corrected chi connectivity index (χ3v) is 5.36. The minimum atomic E-state index is -0.900. The SMILES string of the molecule is CSCC[C@@H](NC(=O)c1ccc(Cl)cc1)C(=O)OCC(=O)N(CCC#N)c1ccccc1. The predicted octanol–water partition coefficient (Wildman–Crippen LogP) is 3.68. The van der Waals surface area contributed by atoms with Crippen LogP contribution < -0.4 is 10.2 Å². The number of anilines is 1. The molecule has 0 aliphatic rings. The second-order valence-electron chi connectivity index (χ2n) is 6.71. The van der Waals surface area contributed by atoms with Crippen molar-refractivity contribution in [1.29, 1.82) is 5.26 Å². The van der Waals surface area contributed by atoms with Gasteiger partial charge in [-0.3, -0.25) is 9.59 Å². The molecule has 0 aromatic heterocycles. The van der Waals surface area contributed by atoms with Crippen LogP contribution in [0.3, 0.4) is 0 Å². The average molecular weight is 474 g/mol. The average Bonchev–Trinajstić information content (AvgIpc) is 2.81. The molecule has 0 aliphatic carbocycles. The number of nitrogens with one attached hydrogen (secondary N) is 1. The van der Waals surface area contributed by atoms with Crippen molar-refractivity contribution in [3.8, 4) is 6.07 Å². The van der Waals surface area contributed by atoms with E-state index in [0.717, 1.165) is 0 Å². The Morgan fingerprint density at radius 3 is 2.47 bits per heavy atom. The molecule has 1 atom stereocenters. The maximum atomic E-state index is 12.7. The monoisotopic (exact) mass is 473 g/mol. The normalized spacial score (nSPS) is 11.2. The van der Waals surface area contributed by atoms with E-state index in [1.54, 1.807) is 48.5 Å². The molecule has 2 amide bonds. The highest BCUT2D eigenvalue weighted by Gasteiger charge is 2.25. The topological polar surface area (TPSA) is 99.5 Å². The number of rotatable bonds is 11. The Bertz CT molecular complexity index is 948. The van der Waals surface area contributed by atoms with E-state index in [-0.39, 0.29) is 13.0 Å². The van der Waals surface area contributed by atoms with E-state index in [9.17, 15) is 14.4 Å². The Balaban J connectivity index is 2.02. The number of nitrogens with zero attached hydrogens (tertiary/aromatic N) is 2. The molecular formula is C23H24ClN3O4S. The van der Waals surface area contributed by atoms with Crippen LogP contribution in [0.2, 0.25) is 5.02 Å². The molecule has 0 spiro atoms. The lowest BCUT2D eigenvalue weighted by Gasteiger charge is -2.22. The molecule has 168 valence electrons. The van der Waals surface area contributed by atoms with Crippen LogP contribution in [0.5, 0.6) is 0 Å². The van der Waals surface area contributed by atoms with E-state index in [2.05, 4.69) is 5.32 Å². The zero-order valence-corrected chi connectivity index (χ0v) is 19.2. The van der Waals surface area contributed by atoms with Crippen molar-refractivity contribution in [2.45, 2.75) is 18.9 Å². The van der Waals surface area contributed by atoms with Crippen molar-refractivity contribution >= 4 is 46.8 Å². The predicted molar refractivity (Wildman–Crippen MR) is 126 cm³/mol. The van der Waals surface area contributed by atoms with Gasteiger partial charge in [-0.05, 0) is 54.8 Å². The van der Waals surface area contributed by atoms with Crippen molar-refractivity contribution in [1.82, 2.24) is 5.32 Å². The Kier molecular flexibility index (Phi) is 10.6. The quantitative estimate of drug-likeness (QED) is 0.500. The number of esters is 1. The molecule has 0 unspecified atom stereocenters. The lowest BCUT2D eigenvalue weighted by Crippen LogP contribution is -2.44. The second-order valence-corrected chi connectivity index (χ2v) is 8.13. The van der Waals surface area contributed by atoms with Gasteiger partial charge in [0.2, 0.25) is 0 Å². The maximum Gasteiger partial charge on any atom is 0.329 e. The Hall–Kier alpha value is -3.02. The summed E-state index contributed by atoms with van der Waals surface area (Å²) in [7, 11) is 0. The van der Waals surface area contributed by atoms with Crippen LogP contribution in [0.25, 0.3) is 0 Å². The van der Waals surface area contributed by atoms with Gasteiger partial charge in [0.25, 0.3) is 11.8 Å². The largest absolute Gasteiger partial charge is 0.454 e. The summed E-state index contributed by atoms with van der Waals surface area (Å²) in [6, 6.07) is 16.3. The number of carbonyl (C=O) groups excluding carboxylic acids is 3. The van der Waals surface area contributed by atoms with E-state index in [1.807, 2.05) is 18.4 Å². The van der Waals surface area contributed by atoms with Gasteiger partial charge in [0, 0.05) is 22.8 Å². The first-order valence-electron chi connectivity index (χ1n) is 9.90. The minimum Gasteiger partial charge on any atom is -0.454 e. The Labute approximate surface area is 196 Å². The molecule has 32 heavy (non-hydrogen) atoms. The highest BCUT2D eigenvalue weighted by atomic mass is 35.5. The molecule has 7 nitrogen and oxygen atoms in total. The first-order chi connectivity index (χ1) is 15.5. The maximum absolute atomic E-state index is 12.7. The fourth-order valence-electron chi connectivity index (χ4n) is 2.81. The summed E-state index contributed by atoms with van der Waals surface area (Å²) in [5.41, 5.74) is 0.970. The molecule has 0 fully saturated rings. The van der Waals surface area contributed by atoms with Gasteiger partial charge in [-0.2, -0.15) is 17.0 Å². The van der Waals surface area contributed by atoms with E-state index in [1.165, 1.54) is 16.7 Å². The molecule has 2 aromatic carbocycles. The Morgan fingerprint density at radius 1 is 1.16 bits per heavy atom. The number of ether oxygens (including phenoxy) is 1. The molecule has 0 aliphatic heterocycles. The van der Waals surface area contributed by atoms with Gasteiger partial charge in [0.15, 0.2) is 6.61 Å². The summed E-state index contributed by atoms with van der Waals surface area (Å²) in [6.45, 7) is -0.314. The van der Waals surface area contributed by atoms with Crippen LogP contribution >= 0.6 is 23.4 Å². The van der Waals surface area contributed by atoms with E-state index in [0.29, 0.717) is 28.4 Å². The summed E-state index contributed by atoms with van der Waals surface area (Å²) in [5.74, 6) is -0.959. The fourth-order valence-corrected chi connectivity index (χ4v) is 3.40. The van der Waals surface area contributed by atoms with E-state index >= 15 is 0 Å². The number of amides is 2. The molecule has 0 heterocycles. The lowest BCUT2D eigenvalue weighted by atomic mass is 10.1. The number of thioether (sulfide) groups is 1. The molecule has 0 bridgehead atoms. The van der Waals surface area contributed by atoms with Crippen molar-refractivity contribution < 1.29 is 19.1 Å². The summed E-state index contributed by atoms with van der Waals surface area (Å²) in [4.78, 5) is 39.3. The van der Waals surface area contributed by atoms with E-state index in [4.69, 9.17) is 21.6 Å². The van der Waals surface area contributed by atoms with Crippen LogP contribution in [-0.4, -0.2) is 49.0 Å². The first-order valence-corrected chi connectivity index (χ1v) is 11.7. The van der Waals surface area contributed by atoms with Gasteiger partial charge in [-0.1, -0.05) is 29.8 Å². The number of benzene rings is 2. The minimum absolute atomic E-state index is 0.141. The van der Waals surface area contributed by atoms with Crippen molar-refractivity contribution in [3.63, 3.8) is 0 Å². The van der Waals surface area contributed by atoms with E-state index < -0.39 is 30.4 Å². The second kappa shape index (κ2) is 13.4. The van der Waals surface area contributed by atoms with Gasteiger partial charge < -0.3 is 15.0 Å². The first kappa shape index (κ1) is 25.2. The fraction of sp³-hybridized carbons (Fsp3) is 0.304. The number of halogens is 1. The van der Waals surface area contributed by atoms with Crippen LogP contribution in [0.1, 0.15) is 23.2 Å². The molecular weight excluding hydrogens is 450 g/mol. The Morgan fingerprint density at radius 2 is 1.84 bits per heavy atom. The number of hydrogen-bond donors (Lipinski definition) is 1. The van der Waals surface area contributed by atoms with Crippen LogP contribution in [0.4, 0.5) is 5.69 Å². The third-order valence-electron chi connectivity index (χ3n) is 4.46. The number of para-hydroxylation sites is 1. The summed E-state index contributed by atoms with van der Waals surface area (Å²) in [5, 5.41) is 12.1. The molecule has 0 radical (unpaired) electrons. The van der Waals surface area contributed by atoms with Gasteiger partial charge in [-0.15, -0.1) is 0 Å². The van der Waals surface area contributed by atoms with Gasteiger partial charge in [0.05, 0.1) is 12.5 Å². The molecule has 2 rings (SSSR count). The molecule has 9 heteroatoms. The summed E-state index contributed by atoms with van der Waals surface area (Å²) in [6.07, 6.45) is 2.38. The molecule has 1 N–H and O–H groups in total. The zero-order valence-electron chi connectivity index (χ0n) is 17.6. The van der Waals surface area contributed by atoms with Crippen molar-refractivity contribution in [2.24, 2.45) is 0 Å². The molecule has 0 saturated heterocycles. The smallest absolute Gasteiger partial charge is 0.329 e. The lowest BCUT2D eigenvalue weighted by molar-refractivity contribution is -0.149. The van der Waals surface area contributed by atoms with Crippen LogP contribution in [-0.2, 0) is 14.3 Å². The van der Waals surface area contributed by atoms with Gasteiger partial charge in [0.1, 0.15) is 6.04 Å². The van der Waals surface area contributed by atoms with Crippen LogP contribution in [0, 0.1) is 11.3 Å². The molecule has 2 aromatic rings. The zero-order chi connectivity index (χ0) is 23.3. The summed E-state index contributed by atoms with van der Waals surface area (Å²) >= 11 is 7.38. The van der Waals surface area contributed by atoms with Crippen LogP contribution in [0.15, 0.2) is 54.6 Å². The third kappa shape index (κ3) is 7.91. The van der Waals surface area contributed by atoms with Gasteiger partial charge >= 0.3 is 5.97 Å².